The predicted molar refractivity (Wildman–Crippen MR) is 62.4 cm³/mol. The number of nitrogens with one attached hydrogen (secondary N) is 2. The minimum atomic E-state index is -4.35. The molecule has 0 aliphatic heterocycles. The first-order valence-electron chi connectivity index (χ1n) is 4.82. The van der Waals surface area contributed by atoms with E-state index in [4.69, 9.17) is 5.73 Å². The van der Waals surface area contributed by atoms with Crippen LogP contribution in [-0.4, -0.2) is 31.2 Å². The zero-order chi connectivity index (χ0) is 13.8. The predicted octanol–water partition coefficient (Wildman–Crippen LogP) is 1.00. The number of H-pyrrole nitrogens is 1. The van der Waals surface area contributed by atoms with E-state index in [1.165, 1.54) is 12.3 Å². The van der Waals surface area contributed by atoms with Gasteiger partial charge in [0.1, 0.15) is 0 Å². The summed E-state index contributed by atoms with van der Waals surface area (Å²) in [6, 6.07) is 1.33. The summed E-state index contributed by atoms with van der Waals surface area (Å²) in [6.07, 6.45) is 1.24. The Kier molecular flexibility index (Phi) is 5.08. The number of aromatic amines is 1. The molecule has 10 heteroatoms. The summed E-state index contributed by atoms with van der Waals surface area (Å²) < 4.78 is 60.8. The highest BCUT2D eigenvalue weighted by atomic mass is 32.2. The highest BCUT2D eigenvalue weighted by Gasteiger charge is 2.27. The van der Waals surface area contributed by atoms with Crippen LogP contribution in [0.15, 0.2) is 17.2 Å². The maximum Gasteiger partial charge on any atom is 0.441 e. The maximum atomic E-state index is 11.8. The van der Waals surface area contributed by atoms with Crippen molar-refractivity contribution in [2.45, 2.75) is 16.9 Å². The summed E-state index contributed by atoms with van der Waals surface area (Å²) in [5.41, 5.74) is 1.47. The molecule has 4 N–H and O–H groups in total. The van der Waals surface area contributed by atoms with Crippen LogP contribution in [-0.2, 0) is 16.6 Å². The van der Waals surface area contributed by atoms with Crippen LogP contribution in [0, 0.1) is 0 Å². The molecule has 0 unspecified atom stereocenters. The minimum Gasteiger partial charge on any atom is -0.363 e. The normalized spacial score (nSPS) is 12.9. The monoisotopic (exact) mass is 303 g/mol. The molecule has 0 spiro atoms. The molecule has 0 atom stereocenters. The molecule has 0 aliphatic carbocycles. The lowest BCUT2D eigenvalue weighted by Gasteiger charge is -2.06. The summed E-state index contributed by atoms with van der Waals surface area (Å²) in [4.78, 5) is 2.61. The third-order valence-corrected chi connectivity index (χ3v) is 4.08. The lowest BCUT2D eigenvalue weighted by atomic mass is 10.4. The van der Waals surface area contributed by atoms with Crippen molar-refractivity contribution >= 4 is 21.8 Å². The van der Waals surface area contributed by atoms with E-state index in [0.29, 0.717) is 5.69 Å². The molecule has 0 bridgehead atoms. The molecule has 1 heterocycles. The zero-order valence-corrected chi connectivity index (χ0v) is 10.8. The molecule has 0 saturated heterocycles. The summed E-state index contributed by atoms with van der Waals surface area (Å²) >= 11 is -0.276. The van der Waals surface area contributed by atoms with Crippen molar-refractivity contribution in [3.63, 3.8) is 0 Å². The second-order valence-electron chi connectivity index (χ2n) is 3.26. The Labute approximate surface area is 106 Å². The van der Waals surface area contributed by atoms with Gasteiger partial charge in [0.05, 0.1) is 4.90 Å². The number of alkyl halides is 3. The van der Waals surface area contributed by atoms with E-state index < -0.39 is 15.5 Å². The highest BCUT2D eigenvalue weighted by Crippen LogP contribution is 2.29. The first-order chi connectivity index (χ1) is 8.24. The molecule has 0 amide bonds. The van der Waals surface area contributed by atoms with Crippen LogP contribution in [0.5, 0.6) is 0 Å². The summed E-state index contributed by atoms with van der Waals surface area (Å²) in [6.45, 7) is -0.144. The van der Waals surface area contributed by atoms with Crippen LogP contribution >= 0.6 is 11.8 Å². The quantitative estimate of drug-likeness (QED) is 0.684. The molecule has 0 radical (unpaired) electrons. The van der Waals surface area contributed by atoms with Crippen molar-refractivity contribution in [3.05, 3.63) is 18.0 Å². The van der Waals surface area contributed by atoms with E-state index in [2.05, 4.69) is 9.71 Å². The van der Waals surface area contributed by atoms with Crippen LogP contribution in [0.3, 0.4) is 0 Å². The van der Waals surface area contributed by atoms with E-state index in [9.17, 15) is 21.6 Å². The molecule has 0 fully saturated rings. The largest absolute Gasteiger partial charge is 0.441 e. The summed E-state index contributed by atoms with van der Waals surface area (Å²) in [5, 5.41) is 0. The van der Waals surface area contributed by atoms with Crippen molar-refractivity contribution in [1.29, 1.82) is 0 Å². The standard InChI is InChI=1S/C8H12F3N3O2S2/c9-8(10,11)17-2-1-14-18(15,16)7-3-6(4-12)13-5-7/h3,5,13-14H,1-2,4,12H2. The number of hydrogen-bond acceptors (Lipinski definition) is 4. The van der Waals surface area contributed by atoms with Gasteiger partial charge in [-0.2, -0.15) is 13.2 Å². The first kappa shape index (κ1) is 15.3. The fourth-order valence-corrected chi connectivity index (χ4v) is 2.73. The Morgan fingerprint density at radius 3 is 2.61 bits per heavy atom. The fourth-order valence-electron chi connectivity index (χ4n) is 1.12. The van der Waals surface area contributed by atoms with Gasteiger partial charge in [0.25, 0.3) is 0 Å². The van der Waals surface area contributed by atoms with Crippen molar-refractivity contribution < 1.29 is 21.6 Å². The third-order valence-electron chi connectivity index (χ3n) is 1.91. The Morgan fingerprint density at radius 1 is 1.44 bits per heavy atom. The van der Waals surface area contributed by atoms with Crippen molar-refractivity contribution in [3.8, 4) is 0 Å². The summed E-state index contributed by atoms with van der Waals surface area (Å²) in [5.74, 6) is -0.378. The van der Waals surface area contributed by atoms with Crippen LogP contribution in [0.1, 0.15) is 5.69 Å². The molecule has 0 aromatic carbocycles. The van der Waals surface area contributed by atoms with Crippen molar-refractivity contribution in [2.24, 2.45) is 5.73 Å². The van der Waals surface area contributed by atoms with E-state index in [-0.39, 0.29) is 35.5 Å². The Balaban J connectivity index is 2.50. The van der Waals surface area contributed by atoms with Gasteiger partial charge in [-0.1, -0.05) is 0 Å². The lowest BCUT2D eigenvalue weighted by Crippen LogP contribution is -2.26. The third kappa shape index (κ3) is 4.88. The molecule has 1 aromatic rings. The molecular formula is C8H12F3N3O2S2. The van der Waals surface area contributed by atoms with Crippen molar-refractivity contribution in [1.82, 2.24) is 9.71 Å². The van der Waals surface area contributed by atoms with Crippen LogP contribution < -0.4 is 10.5 Å². The Bertz CT molecular complexity index is 484. The smallest absolute Gasteiger partial charge is 0.363 e. The van der Waals surface area contributed by atoms with Crippen LogP contribution in [0.2, 0.25) is 0 Å². The van der Waals surface area contributed by atoms with E-state index in [1.54, 1.807) is 0 Å². The molecule has 104 valence electrons. The van der Waals surface area contributed by atoms with Gasteiger partial charge in [-0.15, -0.1) is 0 Å². The van der Waals surface area contributed by atoms with Gasteiger partial charge in [-0.3, -0.25) is 0 Å². The van der Waals surface area contributed by atoms with Gasteiger partial charge < -0.3 is 10.7 Å². The number of thioether (sulfide) groups is 1. The van der Waals surface area contributed by atoms with Gasteiger partial charge in [0.2, 0.25) is 10.0 Å². The van der Waals surface area contributed by atoms with Crippen LogP contribution in [0.25, 0.3) is 0 Å². The molecule has 5 nitrogen and oxygen atoms in total. The van der Waals surface area contributed by atoms with E-state index in [0.717, 1.165) is 0 Å². The van der Waals surface area contributed by atoms with E-state index >= 15 is 0 Å². The average molecular weight is 303 g/mol. The minimum absolute atomic E-state index is 0.0417. The molecular weight excluding hydrogens is 291 g/mol. The van der Waals surface area contributed by atoms with Gasteiger partial charge in [0.15, 0.2) is 0 Å². The van der Waals surface area contributed by atoms with Gasteiger partial charge in [0, 0.05) is 30.7 Å². The number of sulfonamides is 1. The molecule has 18 heavy (non-hydrogen) atoms. The number of aromatic nitrogens is 1. The molecule has 0 aliphatic rings. The second-order valence-corrected chi connectivity index (χ2v) is 6.18. The molecule has 1 aromatic heterocycles. The Morgan fingerprint density at radius 2 is 2.11 bits per heavy atom. The van der Waals surface area contributed by atoms with E-state index in [1.807, 2.05) is 0 Å². The van der Waals surface area contributed by atoms with Gasteiger partial charge >= 0.3 is 5.51 Å². The van der Waals surface area contributed by atoms with Gasteiger partial charge in [-0.25, -0.2) is 13.1 Å². The Hall–Kier alpha value is -0.710. The molecule has 0 saturated carbocycles. The van der Waals surface area contributed by atoms with Crippen molar-refractivity contribution in [2.75, 3.05) is 12.3 Å². The first-order valence-corrected chi connectivity index (χ1v) is 7.29. The SMILES string of the molecule is NCc1cc(S(=O)(=O)NCCSC(F)(F)F)c[nH]1. The second kappa shape index (κ2) is 5.95. The van der Waals surface area contributed by atoms with Gasteiger partial charge in [-0.05, 0) is 17.8 Å². The number of rotatable bonds is 6. The average Bonchev–Trinajstić information content (AvgIpc) is 2.72. The highest BCUT2D eigenvalue weighted by molar-refractivity contribution is 8.00. The molecule has 1 rings (SSSR count). The lowest BCUT2D eigenvalue weighted by molar-refractivity contribution is -0.0327. The van der Waals surface area contributed by atoms with Crippen LogP contribution in [0.4, 0.5) is 13.2 Å². The topological polar surface area (TPSA) is 88.0 Å². The fraction of sp³-hybridized carbons (Fsp3) is 0.500. The zero-order valence-electron chi connectivity index (χ0n) is 9.12. The number of hydrogen-bond donors (Lipinski definition) is 3. The number of nitrogens with two attached hydrogens (primary N) is 1. The number of halogens is 3. The summed E-state index contributed by atoms with van der Waals surface area (Å²) in [7, 11) is -3.78. The maximum absolute atomic E-state index is 11.8.